The Morgan fingerprint density at radius 3 is 2.95 bits per heavy atom. The second-order valence-corrected chi connectivity index (χ2v) is 6.53. The molecule has 3 amide bonds. The average Bonchev–Trinajstić information content (AvgIpc) is 3.03. The molecular weight excluding hydrogens is 336 g/mol. The summed E-state index contributed by atoms with van der Waals surface area (Å²) in [7, 11) is 0. The van der Waals surface area contributed by atoms with E-state index in [2.05, 4.69) is 21.2 Å². The number of rotatable bonds is 3. The van der Waals surface area contributed by atoms with Crippen LogP contribution < -0.4 is 5.32 Å². The van der Waals surface area contributed by atoms with E-state index in [0.717, 1.165) is 22.9 Å². The Balaban J connectivity index is 1.84. The molecule has 6 heteroatoms. The highest BCUT2D eigenvalue weighted by molar-refractivity contribution is 9.10. The summed E-state index contributed by atoms with van der Waals surface area (Å²) in [6.07, 6.45) is 1.84. The number of hydrogen-bond acceptors (Lipinski definition) is 3. The molecule has 112 valence electrons. The minimum Gasteiger partial charge on any atom is -0.376 e. The number of carbonyl (C=O) groups excluding carboxylic acids is 2. The van der Waals surface area contributed by atoms with Gasteiger partial charge >= 0.3 is 6.03 Å². The molecule has 0 radical (unpaired) electrons. The zero-order chi connectivity index (χ0) is 15.0. The van der Waals surface area contributed by atoms with E-state index in [1.54, 1.807) is 6.92 Å². The number of amides is 3. The maximum absolute atomic E-state index is 12.7. The second-order valence-electron chi connectivity index (χ2n) is 5.62. The van der Waals surface area contributed by atoms with Gasteiger partial charge in [0.15, 0.2) is 0 Å². The molecule has 3 rings (SSSR count). The summed E-state index contributed by atoms with van der Waals surface area (Å²) in [5, 5.41) is 2.81. The third-order valence-electron chi connectivity index (χ3n) is 4.09. The highest BCUT2D eigenvalue weighted by Crippen LogP contribution is 2.31. The molecule has 0 aliphatic carbocycles. The van der Waals surface area contributed by atoms with Crippen LogP contribution in [0, 0.1) is 0 Å². The summed E-state index contributed by atoms with van der Waals surface area (Å²) in [5.41, 5.74) is -0.246. The maximum atomic E-state index is 12.7. The zero-order valence-corrected chi connectivity index (χ0v) is 13.4. The van der Waals surface area contributed by atoms with Gasteiger partial charge in [0.25, 0.3) is 5.91 Å². The zero-order valence-electron chi connectivity index (χ0n) is 11.8. The predicted octanol–water partition coefficient (Wildman–Crippen LogP) is 2.40. The van der Waals surface area contributed by atoms with Gasteiger partial charge in [0.1, 0.15) is 5.54 Å². The van der Waals surface area contributed by atoms with Crippen LogP contribution in [0.2, 0.25) is 0 Å². The third-order valence-corrected chi connectivity index (χ3v) is 4.58. The molecule has 2 fully saturated rings. The first kappa shape index (κ1) is 14.5. The summed E-state index contributed by atoms with van der Waals surface area (Å²) >= 11 is 3.40. The Morgan fingerprint density at radius 2 is 2.29 bits per heavy atom. The number of nitrogens with zero attached hydrogens (tertiary/aromatic N) is 1. The third kappa shape index (κ3) is 2.58. The van der Waals surface area contributed by atoms with Crippen LogP contribution in [-0.4, -0.2) is 36.1 Å². The lowest BCUT2D eigenvalue weighted by Gasteiger charge is -2.23. The fraction of sp³-hybridized carbons (Fsp3) is 0.467. The Morgan fingerprint density at radius 1 is 1.48 bits per heavy atom. The van der Waals surface area contributed by atoms with Crippen molar-refractivity contribution in [2.75, 3.05) is 13.2 Å². The van der Waals surface area contributed by atoms with Gasteiger partial charge in [0.2, 0.25) is 0 Å². The van der Waals surface area contributed by atoms with Crippen LogP contribution in [0.1, 0.15) is 25.3 Å². The van der Waals surface area contributed by atoms with Gasteiger partial charge in [-0.2, -0.15) is 0 Å². The van der Waals surface area contributed by atoms with Crippen LogP contribution in [0.5, 0.6) is 0 Å². The van der Waals surface area contributed by atoms with E-state index in [4.69, 9.17) is 4.74 Å². The minimum atomic E-state index is -1.01. The Bertz CT molecular complexity index is 586. The summed E-state index contributed by atoms with van der Waals surface area (Å²) in [4.78, 5) is 26.2. The number of urea groups is 1. The molecular formula is C15H17BrN2O3. The quantitative estimate of drug-likeness (QED) is 0.849. The van der Waals surface area contributed by atoms with Crippen LogP contribution in [0.3, 0.4) is 0 Å². The number of halogens is 1. The van der Waals surface area contributed by atoms with Gasteiger partial charge in [0, 0.05) is 11.1 Å². The monoisotopic (exact) mass is 352 g/mol. The highest BCUT2D eigenvalue weighted by Gasteiger charge is 2.49. The van der Waals surface area contributed by atoms with E-state index >= 15 is 0 Å². The minimum absolute atomic E-state index is 0.0374. The van der Waals surface area contributed by atoms with Gasteiger partial charge in [-0.3, -0.25) is 9.69 Å². The standard InChI is InChI=1S/C15H17BrN2O3/c1-15(10-4-2-5-11(16)8-10)13(19)18(14(20)17-15)9-12-6-3-7-21-12/h2,4-5,8,12H,3,6-7,9H2,1H3,(H,17,20)/t12-,15+/m1/s1. The summed E-state index contributed by atoms with van der Waals surface area (Å²) in [5.74, 6) is -0.221. The molecule has 0 saturated carbocycles. The molecule has 5 nitrogen and oxygen atoms in total. The molecule has 1 N–H and O–H groups in total. The van der Waals surface area contributed by atoms with Crippen molar-refractivity contribution in [2.45, 2.75) is 31.4 Å². The fourth-order valence-corrected chi connectivity index (χ4v) is 3.25. The van der Waals surface area contributed by atoms with Crippen molar-refractivity contribution >= 4 is 27.9 Å². The average molecular weight is 353 g/mol. The normalized spacial score (nSPS) is 29.0. The molecule has 2 atom stereocenters. The molecule has 2 aliphatic rings. The van der Waals surface area contributed by atoms with Crippen LogP contribution in [-0.2, 0) is 15.1 Å². The topological polar surface area (TPSA) is 58.6 Å². The van der Waals surface area contributed by atoms with Crippen molar-refractivity contribution in [3.8, 4) is 0 Å². The van der Waals surface area contributed by atoms with Gasteiger partial charge < -0.3 is 10.1 Å². The molecule has 1 aromatic rings. The van der Waals surface area contributed by atoms with Crippen LogP contribution in [0.15, 0.2) is 28.7 Å². The molecule has 0 unspecified atom stereocenters. The number of ether oxygens (including phenoxy) is 1. The first-order valence-corrected chi connectivity index (χ1v) is 7.82. The molecule has 0 bridgehead atoms. The van der Waals surface area contributed by atoms with E-state index in [1.807, 2.05) is 24.3 Å². The molecule has 2 aliphatic heterocycles. The van der Waals surface area contributed by atoms with E-state index in [-0.39, 0.29) is 18.0 Å². The van der Waals surface area contributed by atoms with Crippen LogP contribution >= 0.6 is 15.9 Å². The van der Waals surface area contributed by atoms with Gasteiger partial charge in [-0.1, -0.05) is 28.1 Å². The molecule has 2 saturated heterocycles. The van der Waals surface area contributed by atoms with E-state index in [9.17, 15) is 9.59 Å². The SMILES string of the molecule is C[C@@]1(c2cccc(Br)c2)NC(=O)N(C[C@H]2CCCO2)C1=O. The largest absolute Gasteiger partial charge is 0.376 e. The number of nitrogens with one attached hydrogen (secondary N) is 1. The smallest absolute Gasteiger partial charge is 0.325 e. The Labute approximate surface area is 131 Å². The van der Waals surface area contributed by atoms with E-state index in [0.29, 0.717) is 13.2 Å². The first-order valence-electron chi connectivity index (χ1n) is 7.02. The highest BCUT2D eigenvalue weighted by atomic mass is 79.9. The summed E-state index contributed by atoms with van der Waals surface area (Å²) < 4.78 is 6.40. The Kier molecular flexibility index (Phi) is 3.75. The number of benzene rings is 1. The lowest BCUT2D eigenvalue weighted by molar-refractivity contribution is -0.132. The van der Waals surface area contributed by atoms with Crippen molar-refractivity contribution in [1.29, 1.82) is 0 Å². The van der Waals surface area contributed by atoms with Gasteiger partial charge in [-0.05, 0) is 37.5 Å². The maximum Gasteiger partial charge on any atom is 0.325 e. The van der Waals surface area contributed by atoms with Crippen molar-refractivity contribution in [3.63, 3.8) is 0 Å². The molecule has 2 heterocycles. The van der Waals surface area contributed by atoms with Crippen molar-refractivity contribution in [3.05, 3.63) is 34.3 Å². The van der Waals surface area contributed by atoms with Crippen molar-refractivity contribution < 1.29 is 14.3 Å². The van der Waals surface area contributed by atoms with Crippen LogP contribution in [0.25, 0.3) is 0 Å². The summed E-state index contributed by atoms with van der Waals surface area (Å²) in [6.45, 7) is 2.77. The molecule has 1 aromatic carbocycles. The molecule has 0 aromatic heterocycles. The van der Waals surface area contributed by atoms with E-state index in [1.165, 1.54) is 4.90 Å². The molecule has 21 heavy (non-hydrogen) atoms. The van der Waals surface area contributed by atoms with Crippen LogP contribution in [0.4, 0.5) is 4.79 Å². The van der Waals surface area contributed by atoms with Gasteiger partial charge in [-0.25, -0.2) is 4.79 Å². The predicted molar refractivity (Wildman–Crippen MR) is 80.7 cm³/mol. The Hall–Kier alpha value is -1.40. The molecule has 0 spiro atoms. The van der Waals surface area contributed by atoms with Crippen molar-refractivity contribution in [2.24, 2.45) is 0 Å². The number of hydrogen-bond donors (Lipinski definition) is 1. The number of carbonyl (C=O) groups is 2. The number of imide groups is 1. The lowest BCUT2D eigenvalue weighted by Crippen LogP contribution is -2.42. The fourth-order valence-electron chi connectivity index (χ4n) is 2.85. The second kappa shape index (κ2) is 5.42. The van der Waals surface area contributed by atoms with Gasteiger partial charge in [0.05, 0.1) is 12.6 Å². The van der Waals surface area contributed by atoms with Crippen molar-refractivity contribution in [1.82, 2.24) is 10.2 Å². The lowest BCUT2D eigenvalue weighted by atomic mass is 9.92. The van der Waals surface area contributed by atoms with E-state index < -0.39 is 5.54 Å². The summed E-state index contributed by atoms with van der Waals surface area (Å²) in [6, 6.07) is 7.09. The first-order chi connectivity index (χ1) is 10.0. The van der Waals surface area contributed by atoms with Gasteiger partial charge in [-0.15, -0.1) is 0 Å².